The average Bonchev–Trinajstić information content (AvgIpc) is 3.12. The highest BCUT2D eigenvalue weighted by atomic mass is 16.2. The van der Waals surface area contributed by atoms with Gasteiger partial charge < -0.3 is 10.3 Å². The number of carbonyl (C=O) groups excluding carboxylic acids is 1. The first-order chi connectivity index (χ1) is 10.1. The first kappa shape index (κ1) is 14.1. The van der Waals surface area contributed by atoms with Crippen LogP contribution in [0.1, 0.15) is 51.4 Å². The average molecular weight is 285 g/mol. The molecule has 1 aromatic heterocycles. The lowest BCUT2D eigenvalue weighted by atomic mass is 10.0. The molecule has 2 aromatic rings. The fourth-order valence-electron chi connectivity index (χ4n) is 3.13. The molecule has 1 amide bonds. The van der Waals surface area contributed by atoms with E-state index in [0.29, 0.717) is 5.92 Å². The van der Waals surface area contributed by atoms with Gasteiger partial charge in [-0.15, -0.1) is 0 Å². The molecule has 0 spiro atoms. The maximum absolute atomic E-state index is 12.4. The van der Waals surface area contributed by atoms with Gasteiger partial charge in [0.2, 0.25) is 5.91 Å². The van der Waals surface area contributed by atoms with Gasteiger partial charge in [0, 0.05) is 5.92 Å². The molecule has 0 saturated heterocycles. The SMILES string of the molecule is CC(C)[C@H](NC(=O)C1CCCC1)c1nc2ccccc2[nH]1. The number of carbonyl (C=O) groups is 1. The number of aromatic nitrogens is 2. The van der Waals surface area contributed by atoms with E-state index >= 15 is 0 Å². The van der Waals surface area contributed by atoms with Crippen LogP contribution in [0, 0.1) is 11.8 Å². The standard InChI is InChI=1S/C17H23N3O/c1-11(2)15(20-17(21)12-7-3-4-8-12)16-18-13-9-5-6-10-14(13)19-16/h5-6,9-12,15H,3-4,7-8H2,1-2H3,(H,18,19)(H,20,21)/t15-/m0/s1. The summed E-state index contributed by atoms with van der Waals surface area (Å²) in [6.07, 6.45) is 4.40. The van der Waals surface area contributed by atoms with Crippen molar-refractivity contribution in [1.29, 1.82) is 0 Å². The number of hydrogen-bond acceptors (Lipinski definition) is 2. The number of hydrogen-bond donors (Lipinski definition) is 2. The molecule has 1 aliphatic carbocycles. The van der Waals surface area contributed by atoms with E-state index in [-0.39, 0.29) is 17.9 Å². The zero-order chi connectivity index (χ0) is 14.8. The molecule has 4 heteroatoms. The largest absolute Gasteiger partial charge is 0.346 e. The summed E-state index contributed by atoms with van der Waals surface area (Å²) in [4.78, 5) is 20.4. The molecule has 4 nitrogen and oxygen atoms in total. The Labute approximate surface area is 125 Å². The van der Waals surface area contributed by atoms with E-state index in [9.17, 15) is 4.79 Å². The lowest BCUT2D eigenvalue weighted by molar-refractivity contribution is -0.126. The fraction of sp³-hybridized carbons (Fsp3) is 0.529. The molecule has 1 heterocycles. The van der Waals surface area contributed by atoms with Gasteiger partial charge in [0.1, 0.15) is 5.82 Å². The topological polar surface area (TPSA) is 57.8 Å². The number of nitrogens with zero attached hydrogens (tertiary/aromatic N) is 1. The maximum Gasteiger partial charge on any atom is 0.223 e. The van der Waals surface area contributed by atoms with Gasteiger partial charge in [-0.2, -0.15) is 0 Å². The predicted octanol–water partition coefficient (Wildman–Crippen LogP) is 3.57. The highest BCUT2D eigenvalue weighted by molar-refractivity contribution is 5.79. The smallest absolute Gasteiger partial charge is 0.223 e. The molecule has 0 unspecified atom stereocenters. The van der Waals surface area contributed by atoms with Crippen molar-refractivity contribution in [3.8, 4) is 0 Å². The number of H-pyrrole nitrogens is 1. The van der Waals surface area contributed by atoms with Crippen LogP contribution in [0.3, 0.4) is 0 Å². The van der Waals surface area contributed by atoms with E-state index in [1.807, 2.05) is 24.3 Å². The van der Waals surface area contributed by atoms with E-state index in [0.717, 1.165) is 29.7 Å². The molecule has 0 radical (unpaired) electrons. The molecule has 1 aliphatic rings. The summed E-state index contributed by atoms with van der Waals surface area (Å²) in [7, 11) is 0. The maximum atomic E-state index is 12.4. The van der Waals surface area contributed by atoms with Crippen molar-refractivity contribution >= 4 is 16.9 Å². The number of aromatic amines is 1. The Balaban J connectivity index is 1.81. The van der Waals surface area contributed by atoms with Crippen LogP contribution in [-0.4, -0.2) is 15.9 Å². The van der Waals surface area contributed by atoms with Crippen LogP contribution < -0.4 is 5.32 Å². The molecule has 112 valence electrons. The molecule has 3 rings (SSSR count). The van der Waals surface area contributed by atoms with Crippen molar-refractivity contribution in [2.75, 3.05) is 0 Å². The predicted molar refractivity (Wildman–Crippen MR) is 83.8 cm³/mol. The Morgan fingerprint density at radius 3 is 2.67 bits per heavy atom. The van der Waals surface area contributed by atoms with E-state index < -0.39 is 0 Å². The minimum absolute atomic E-state index is 0.0505. The summed E-state index contributed by atoms with van der Waals surface area (Å²) >= 11 is 0. The van der Waals surface area contributed by atoms with E-state index in [2.05, 4.69) is 29.1 Å². The summed E-state index contributed by atoms with van der Waals surface area (Å²) in [6.45, 7) is 4.24. The van der Waals surface area contributed by atoms with Crippen molar-refractivity contribution in [2.24, 2.45) is 11.8 Å². The summed E-state index contributed by atoms with van der Waals surface area (Å²) in [5, 5.41) is 3.20. The summed E-state index contributed by atoms with van der Waals surface area (Å²) in [5.41, 5.74) is 1.97. The quantitative estimate of drug-likeness (QED) is 0.902. The molecule has 21 heavy (non-hydrogen) atoms. The second-order valence-electron chi connectivity index (χ2n) is 6.35. The van der Waals surface area contributed by atoms with Crippen molar-refractivity contribution in [3.63, 3.8) is 0 Å². The number of imidazole rings is 1. The Kier molecular flexibility index (Phi) is 3.95. The van der Waals surface area contributed by atoms with Crippen LogP contribution in [0.2, 0.25) is 0 Å². The number of para-hydroxylation sites is 2. The highest BCUT2D eigenvalue weighted by Gasteiger charge is 2.27. The number of nitrogens with one attached hydrogen (secondary N) is 2. The molecule has 1 atom stereocenters. The van der Waals surface area contributed by atoms with Crippen LogP contribution in [0.25, 0.3) is 11.0 Å². The molecule has 0 aliphatic heterocycles. The minimum Gasteiger partial charge on any atom is -0.346 e. The third-order valence-corrected chi connectivity index (χ3v) is 4.39. The number of fused-ring (bicyclic) bond motifs is 1. The Hall–Kier alpha value is -1.84. The molecule has 2 N–H and O–H groups in total. The van der Waals surface area contributed by atoms with Gasteiger partial charge >= 0.3 is 0 Å². The second-order valence-corrected chi connectivity index (χ2v) is 6.35. The molecule has 1 aromatic carbocycles. The third kappa shape index (κ3) is 2.94. The van der Waals surface area contributed by atoms with Crippen LogP contribution in [-0.2, 0) is 4.79 Å². The van der Waals surface area contributed by atoms with Gasteiger partial charge in [-0.1, -0.05) is 38.8 Å². The molecule has 0 bridgehead atoms. The Morgan fingerprint density at radius 2 is 2.00 bits per heavy atom. The van der Waals surface area contributed by atoms with Crippen LogP contribution in [0.15, 0.2) is 24.3 Å². The number of amides is 1. The molecular formula is C17H23N3O. The van der Waals surface area contributed by atoms with Gasteiger partial charge in [0.05, 0.1) is 17.1 Å². The van der Waals surface area contributed by atoms with Crippen LogP contribution in [0.5, 0.6) is 0 Å². The van der Waals surface area contributed by atoms with Crippen LogP contribution in [0.4, 0.5) is 0 Å². The first-order valence-corrected chi connectivity index (χ1v) is 7.90. The lowest BCUT2D eigenvalue weighted by Crippen LogP contribution is -2.36. The zero-order valence-electron chi connectivity index (χ0n) is 12.7. The van der Waals surface area contributed by atoms with Crippen molar-refractivity contribution in [1.82, 2.24) is 15.3 Å². The summed E-state index contributed by atoms with van der Waals surface area (Å²) in [6, 6.07) is 7.93. The van der Waals surface area contributed by atoms with Gasteiger partial charge in [-0.25, -0.2) is 4.98 Å². The van der Waals surface area contributed by atoms with E-state index in [4.69, 9.17) is 0 Å². The highest BCUT2D eigenvalue weighted by Crippen LogP contribution is 2.27. The van der Waals surface area contributed by atoms with E-state index in [1.165, 1.54) is 12.8 Å². The normalized spacial score (nSPS) is 17.5. The van der Waals surface area contributed by atoms with Gasteiger partial charge in [0.25, 0.3) is 0 Å². The zero-order valence-corrected chi connectivity index (χ0v) is 12.7. The van der Waals surface area contributed by atoms with Crippen molar-refractivity contribution in [3.05, 3.63) is 30.1 Å². The Bertz CT molecular complexity index is 593. The number of benzene rings is 1. The number of rotatable bonds is 4. The summed E-state index contributed by atoms with van der Waals surface area (Å²) in [5.74, 6) is 1.54. The van der Waals surface area contributed by atoms with Crippen LogP contribution >= 0.6 is 0 Å². The van der Waals surface area contributed by atoms with Crippen molar-refractivity contribution < 1.29 is 4.79 Å². The monoisotopic (exact) mass is 285 g/mol. The fourth-order valence-corrected chi connectivity index (χ4v) is 3.13. The summed E-state index contributed by atoms with van der Waals surface area (Å²) < 4.78 is 0. The van der Waals surface area contributed by atoms with Crippen molar-refractivity contribution in [2.45, 2.75) is 45.6 Å². The minimum atomic E-state index is -0.0505. The second kappa shape index (κ2) is 5.88. The van der Waals surface area contributed by atoms with Gasteiger partial charge in [0.15, 0.2) is 0 Å². The molecule has 1 saturated carbocycles. The molecular weight excluding hydrogens is 262 g/mol. The van der Waals surface area contributed by atoms with E-state index in [1.54, 1.807) is 0 Å². The third-order valence-electron chi connectivity index (χ3n) is 4.39. The van der Waals surface area contributed by atoms with Gasteiger partial charge in [-0.3, -0.25) is 4.79 Å². The van der Waals surface area contributed by atoms with Gasteiger partial charge in [-0.05, 0) is 30.9 Å². The lowest BCUT2D eigenvalue weighted by Gasteiger charge is -2.22. The molecule has 1 fully saturated rings. The first-order valence-electron chi connectivity index (χ1n) is 7.90. The Morgan fingerprint density at radius 1 is 1.29 bits per heavy atom.